The monoisotopic (exact) mass is 300 g/mol. The van der Waals surface area contributed by atoms with Crippen LogP contribution in [0.2, 0.25) is 0 Å². The first-order valence-electron chi connectivity index (χ1n) is 6.99. The Morgan fingerprint density at radius 1 is 1.23 bits per heavy atom. The minimum atomic E-state index is -0.973. The van der Waals surface area contributed by atoms with Crippen LogP contribution in [0.1, 0.15) is 28.4 Å². The van der Waals surface area contributed by atoms with Gasteiger partial charge in [0.2, 0.25) is 0 Å². The molecule has 5 heteroatoms. The van der Waals surface area contributed by atoms with E-state index in [0.717, 1.165) is 5.56 Å². The van der Waals surface area contributed by atoms with Crippen molar-refractivity contribution in [3.63, 3.8) is 0 Å². The van der Waals surface area contributed by atoms with E-state index in [0.29, 0.717) is 30.3 Å². The van der Waals surface area contributed by atoms with Crippen molar-refractivity contribution in [1.29, 1.82) is 0 Å². The van der Waals surface area contributed by atoms with Gasteiger partial charge in [-0.15, -0.1) is 0 Å². The third kappa shape index (κ3) is 2.70. The van der Waals surface area contributed by atoms with Gasteiger partial charge in [0.05, 0.1) is 19.3 Å². The van der Waals surface area contributed by atoms with E-state index in [-0.39, 0.29) is 11.7 Å². The van der Waals surface area contributed by atoms with Gasteiger partial charge in [-0.05, 0) is 24.3 Å². The predicted octanol–water partition coefficient (Wildman–Crippen LogP) is 3.30. The van der Waals surface area contributed by atoms with Gasteiger partial charge in [-0.1, -0.05) is 18.2 Å². The Labute approximate surface area is 128 Å². The van der Waals surface area contributed by atoms with Crippen LogP contribution in [-0.2, 0) is 0 Å². The van der Waals surface area contributed by atoms with E-state index in [1.54, 1.807) is 19.2 Å². The van der Waals surface area contributed by atoms with Crippen molar-refractivity contribution >= 4 is 5.97 Å². The second-order valence-electron chi connectivity index (χ2n) is 4.95. The van der Waals surface area contributed by atoms with Gasteiger partial charge in [-0.3, -0.25) is 0 Å². The largest absolute Gasteiger partial charge is 0.493 e. The van der Waals surface area contributed by atoms with Crippen LogP contribution in [0.25, 0.3) is 0 Å². The number of carboxylic acids is 1. The number of carbonyl (C=O) groups is 1. The Balaban J connectivity index is 1.90. The van der Waals surface area contributed by atoms with Gasteiger partial charge in [0.15, 0.2) is 11.5 Å². The van der Waals surface area contributed by atoms with Crippen molar-refractivity contribution in [2.45, 2.75) is 12.5 Å². The van der Waals surface area contributed by atoms with Crippen molar-refractivity contribution in [2.24, 2.45) is 0 Å². The highest BCUT2D eigenvalue weighted by Gasteiger charge is 2.25. The third-order valence-corrected chi connectivity index (χ3v) is 3.58. The zero-order chi connectivity index (χ0) is 15.5. The fraction of sp³-hybridized carbons (Fsp3) is 0.235. The lowest BCUT2D eigenvalue weighted by Gasteiger charge is -2.27. The Kier molecular flexibility index (Phi) is 3.87. The van der Waals surface area contributed by atoms with Crippen LogP contribution in [0.3, 0.4) is 0 Å². The minimum absolute atomic E-state index is 0.192. The highest BCUT2D eigenvalue weighted by atomic mass is 16.5. The van der Waals surface area contributed by atoms with Crippen molar-refractivity contribution in [1.82, 2.24) is 0 Å². The van der Waals surface area contributed by atoms with Crippen LogP contribution in [0, 0.1) is 0 Å². The first-order valence-corrected chi connectivity index (χ1v) is 6.99. The van der Waals surface area contributed by atoms with Gasteiger partial charge in [0.1, 0.15) is 11.9 Å². The number of aromatic carboxylic acids is 1. The summed E-state index contributed by atoms with van der Waals surface area (Å²) in [5.74, 6) is 0.910. The molecule has 0 amide bonds. The quantitative estimate of drug-likeness (QED) is 0.938. The lowest BCUT2D eigenvalue weighted by molar-refractivity contribution is 0.0695. The standard InChI is InChI=1S/C17H16O5/c1-20-14-4-2-3-5-15(14)22-13-8-9-21-16-10-11(17(18)19)6-7-12(13)16/h2-7,10,13H,8-9H2,1H3,(H,18,19). The summed E-state index contributed by atoms with van der Waals surface area (Å²) < 4.78 is 16.9. The summed E-state index contributed by atoms with van der Waals surface area (Å²) in [6.07, 6.45) is 0.500. The molecule has 3 rings (SSSR count). The minimum Gasteiger partial charge on any atom is -0.493 e. The van der Waals surface area contributed by atoms with E-state index in [4.69, 9.17) is 19.3 Å². The molecule has 0 radical (unpaired) electrons. The van der Waals surface area contributed by atoms with Gasteiger partial charge in [0.25, 0.3) is 0 Å². The highest BCUT2D eigenvalue weighted by Crippen LogP contribution is 2.38. The molecule has 2 aromatic carbocycles. The second kappa shape index (κ2) is 5.97. The molecule has 1 aliphatic heterocycles. The fourth-order valence-electron chi connectivity index (χ4n) is 2.48. The molecule has 2 aromatic rings. The van der Waals surface area contributed by atoms with Gasteiger partial charge in [-0.25, -0.2) is 4.79 Å². The molecule has 0 fully saturated rings. The van der Waals surface area contributed by atoms with Crippen LogP contribution in [0.15, 0.2) is 42.5 Å². The number of ether oxygens (including phenoxy) is 3. The second-order valence-corrected chi connectivity index (χ2v) is 4.95. The summed E-state index contributed by atoms with van der Waals surface area (Å²) >= 11 is 0. The molecular weight excluding hydrogens is 284 g/mol. The summed E-state index contributed by atoms with van der Waals surface area (Å²) in [7, 11) is 1.60. The molecule has 1 unspecified atom stereocenters. The summed E-state index contributed by atoms with van der Waals surface area (Å²) in [5, 5.41) is 9.05. The van der Waals surface area contributed by atoms with Crippen molar-refractivity contribution in [2.75, 3.05) is 13.7 Å². The molecule has 0 saturated heterocycles. The Morgan fingerprint density at radius 3 is 2.73 bits per heavy atom. The van der Waals surface area contributed by atoms with Gasteiger partial charge < -0.3 is 19.3 Å². The Hall–Kier alpha value is -2.69. The maximum atomic E-state index is 11.0. The number of hydrogen-bond acceptors (Lipinski definition) is 4. The highest BCUT2D eigenvalue weighted by molar-refractivity contribution is 5.88. The zero-order valence-electron chi connectivity index (χ0n) is 12.1. The fourth-order valence-corrected chi connectivity index (χ4v) is 2.48. The summed E-state index contributed by atoms with van der Waals surface area (Å²) in [6, 6.07) is 12.3. The average Bonchev–Trinajstić information content (AvgIpc) is 2.55. The number of methoxy groups -OCH3 is 1. The van der Waals surface area contributed by atoms with Crippen molar-refractivity contribution < 1.29 is 24.1 Å². The molecule has 0 spiro atoms. The smallest absolute Gasteiger partial charge is 0.335 e. The van der Waals surface area contributed by atoms with E-state index in [1.807, 2.05) is 24.3 Å². The molecule has 1 atom stereocenters. The van der Waals surface area contributed by atoms with E-state index in [9.17, 15) is 4.79 Å². The molecule has 0 aromatic heterocycles. The summed E-state index contributed by atoms with van der Waals surface area (Å²) in [4.78, 5) is 11.0. The van der Waals surface area contributed by atoms with Crippen molar-refractivity contribution in [3.8, 4) is 17.2 Å². The number of para-hydroxylation sites is 2. The molecule has 1 heterocycles. The van der Waals surface area contributed by atoms with Gasteiger partial charge in [0, 0.05) is 12.0 Å². The molecule has 114 valence electrons. The van der Waals surface area contributed by atoms with E-state index < -0.39 is 5.97 Å². The predicted molar refractivity (Wildman–Crippen MR) is 79.9 cm³/mol. The number of hydrogen-bond donors (Lipinski definition) is 1. The van der Waals surface area contributed by atoms with Crippen LogP contribution in [0.5, 0.6) is 17.2 Å². The number of fused-ring (bicyclic) bond motifs is 1. The van der Waals surface area contributed by atoms with Crippen LogP contribution in [-0.4, -0.2) is 24.8 Å². The van der Waals surface area contributed by atoms with E-state index >= 15 is 0 Å². The molecule has 5 nitrogen and oxygen atoms in total. The first kappa shape index (κ1) is 14.3. The molecule has 22 heavy (non-hydrogen) atoms. The molecule has 0 bridgehead atoms. The Bertz CT molecular complexity index is 695. The first-order chi connectivity index (χ1) is 10.7. The van der Waals surface area contributed by atoms with Gasteiger partial charge in [-0.2, -0.15) is 0 Å². The number of benzene rings is 2. The lowest BCUT2D eigenvalue weighted by Crippen LogP contribution is -2.19. The lowest BCUT2D eigenvalue weighted by atomic mass is 10.0. The maximum absolute atomic E-state index is 11.0. The van der Waals surface area contributed by atoms with Crippen LogP contribution >= 0.6 is 0 Å². The third-order valence-electron chi connectivity index (χ3n) is 3.58. The zero-order valence-corrected chi connectivity index (χ0v) is 12.1. The van der Waals surface area contributed by atoms with Crippen molar-refractivity contribution in [3.05, 3.63) is 53.6 Å². The molecule has 0 aliphatic carbocycles. The SMILES string of the molecule is COc1ccccc1OC1CCOc2cc(C(=O)O)ccc21. The maximum Gasteiger partial charge on any atom is 0.335 e. The molecule has 0 saturated carbocycles. The normalized spacial score (nSPS) is 16.3. The number of carboxylic acid groups (broad SMARTS) is 1. The van der Waals surface area contributed by atoms with Crippen LogP contribution < -0.4 is 14.2 Å². The van der Waals surface area contributed by atoms with E-state index in [2.05, 4.69) is 0 Å². The molecule has 1 aliphatic rings. The van der Waals surface area contributed by atoms with Crippen LogP contribution in [0.4, 0.5) is 0 Å². The summed E-state index contributed by atoms with van der Waals surface area (Å²) in [6.45, 7) is 0.482. The molecular formula is C17H16O5. The average molecular weight is 300 g/mol. The Morgan fingerprint density at radius 2 is 2.00 bits per heavy atom. The topological polar surface area (TPSA) is 65.0 Å². The van der Waals surface area contributed by atoms with Gasteiger partial charge >= 0.3 is 5.97 Å². The van der Waals surface area contributed by atoms with E-state index in [1.165, 1.54) is 6.07 Å². The number of rotatable bonds is 4. The summed E-state index contributed by atoms with van der Waals surface area (Å²) in [5.41, 5.74) is 1.05. The molecule has 1 N–H and O–H groups in total.